The van der Waals surface area contributed by atoms with Crippen LogP contribution in [0.4, 0.5) is 4.79 Å². The molecule has 1 saturated carbocycles. The maximum atomic E-state index is 13.1. The molecular weight excluding hydrogens is 402 g/mol. The molecule has 1 saturated heterocycles. The lowest BCUT2D eigenvalue weighted by Gasteiger charge is -2.42. The number of imide groups is 1. The summed E-state index contributed by atoms with van der Waals surface area (Å²) < 4.78 is 0. The van der Waals surface area contributed by atoms with Crippen molar-refractivity contribution in [2.24, 2.45) is 0 Å². The third kappa shape index (κ3) is 3.90. The van der Waals surface area contributed by atoms with E-state index in [9.17, 15) is 14.4 Å². The summed E-state index contributed by atoms with van der Waals surface area (Å²) in [5.74, 6) is -0.354. The standard InChI is InChI=1S/C26H31N3O3/c1-18(2)19-10-12-20(13-11-19)25(3)23(31)29(24(32)28-25)16-22(30)27-17-26(14-7-15-26)21-8-5-4-6-9-21/h4-6,8-13,18H,7,14-17H2,1-3H3,(H,27,30)(H,28,32). The first-order valence-corrected chi connectivity index (χ1v) is 11.3. The van der Waals surface area contributed by atoms with Gasteiger partial charge in [0.2, 0.25) is 5.91 Å². The molecular formula is C26H31N3O3. The first-order valence-electron chi connectivity index (χ1n) is 11.3. The van der Waals surface area contributed by atoms with Gasteiger partial charge in [0.15, 0.2) is 0 Å². The molecule has 168 valence electrons. The molecule has 1 aliphatic carbocycles. The van der Waals surface area contributed by atoms with Crippen LogP contribution in [0.25, 0.3) is 0 Å². The van der Waals surface area contributed by atoms with Gasteiger partial charge in [0, 0.05) is 12.0 Å². The third-order valence-corrected chi connectivity index (χ3v) is 7.05. The van der Waals surface area contributed by atoms with E-state index in [-0.39, 0.29) is 17.9 Å². The number of benzene rings is 2. The number of amides is 4. The Hall–Kier alpha value is -3.15. The maximum absolute atomic E-state index is 13.1. The lowest BCUT2D eigenvalue weighted by atomic mass is 9.64. The summed E-state index contributed by atoms with van der Waals surface area (Å²) in [4.78, 5) is 39.4. The average molecular weight is 434 g/mol. The minimum absolute atomic E-state index is 0.0547. The fourth-order valence-corrected chi connectivity index (χ4v) is 4.67. The Morgan fingerprint density at radius 2 is 1.69 bits per heavy atom. The van der Waals surface area contributed by atoms with E-state index in [1.807, 2.05) is 42.5 Å². The molecule has 2 fully saturated rings. The van der Waals surface area contributed by atoms with Crippen molar-refractivity contribution in [2.45, 2.75) is 56.9 Å². The van der Waals surface area contributed by atoms with E-state index in [0.29, 0.717) is 18.0 Å². The van der Waals surface area contributed by atoms with Crippen LogP contribution >= 0.6 is 0 Å². The molecule has 1 aliphatic heterocycles. The quantitative estimate of drug-likeness (QED) is 0.652. The van der Waals surface area contributed by atoms with E-state index in [0.717, 1.165) is 29.7 Å². The summed E-state index contributed by atoms with van der Waals surface area (Å²) in [6.07, 6.45) is 3.17. The minimum Gasteiger partial charge on any atom is -0.354 e. The van der Waals surface area contributed by atoms with Gasteiger partial charge in [-0.25, -0.2) is 4.79 Å². The largest absolute Gasteiger partial charge is 0.354 e. The molecule has 6 heteroatoms. The van der Waals surface area contributed by atoms with Crippen molar-refractivity contribution in [3.63, 3.8) is 0 Å². The summed E-state index contributed by atoms with van der Waals surface area (Å²) in [7, 11) is 0. The summed E-state index contributed by atoms with van der Waals surface area (Å²) in [5, 5.41) is 5.74. The van der Waals surface area contributed by atoms with Gasteiger partial charge >= 0.3 is 6.03 Å². The van der Waals surface area contributed by atoms with E-state index in [4.69, 9.17) is 0 Å². The highest BCUT2D eigenvalue weighted by atomic mass is 16.2. The van der Waals surface area contributed by atoms with E-state index in [1.165, 1.54) is 5.56 Å². The molecule has 32 heavy (non-hydrogen) atoms. The average Bonchev–Trinajstić information content (AvgIpc) is 2.97. The molecule has 1 heterocycles. The Morgan fingerprint density at radius 3 is 2.25 bits per heavy atom. The number of carbonyl (C=O) groups is 3. The molecule has 4 amide bonds. The highest BCUT2D eigenvalue weighted by Crippen LogP contribution is 2.43. The molecule has 2 aromatic carbocycles. The topological polar surface area (TPSA) is 78.5 Å². The molecule has 2 aliphatic rings. The third-order valence-electron chi connectivity index (χ3n) is 7.05. The second-order valence-corrected chi connectivity index (χ2v) is 9.50. The lowest BCUT2D eigenvalue weighted by molar-refractivity contribution is -0.134. The van der Waals surface area contributed by atoms with Gasteiger partial charge in [0.1, 0.15) is 12.1 Å². The normalized spacial score (nSPS) is 21.9. The van der Waals surface area contributed by atoms with Crippen molar-refractivity contribution in [1.82, 2.24) is 15.5 Å². The minimum atomic E-state index is -1.17. The van der Waals surface area contributed by atoms with Gasteiger partial charge in [-0.05, 0) is 42.4 Å². The van der Waals surface area contributed by atoms with Crippen LogP contribution < -0.4 is 10.6 Å². The highest BCUT2D eigenvalue weighted by molar-refractivity contribution is 6.09. The van der Waals surface area contributed by atoms with Crippen molar-refractivity contribution in [1.29, 1.82) is 0 Å². The van der Waals surface area contributed by atoms with E-state index in [1.54, 1.807) is 6.92 Å². The number of nitrogens with one attached hydrogen (secondary N) is 2. The maximum Gasteiger partial charge on any atom is 0.325 e. The van der Waals surface area contributed by atoms with Gasteiger partial charge in [-0.15, -0.1) is 0 Å². The zero-order valence-corrected chi connectivity index (χ0v) is 19.0. The Labute approximate surface area is 189 Å². The first kappa shape index (κ1) is 22.1. The van der Waals surface area contributed by atoms with Crippen LogP contribution in [0.2, 0.25) is 0 Å². The van der Waals surface area contributed by atoms with Crippen molar-refractivity contribution in [2.75, 3.05) is 13.1 Å². The van der Waals surface area contributed by atoms with E-state index >= 15 is 0 Å². The number of rotatable bonds is 7. The number of hydrogen-bond donors (Lipinski definition) is 2. The van der Waals surface area contributed by atoms with Gasteiger partial charge in [-0.1, -0.05) is 74.9 Å². The second kappa shape index (κ2) is 8.41. The Morgan fingerprint density at radius 1 is 1.03 bits per heavy atom. The smallest absolute Gasteiger partial charge is 0.325 e. The van der Waals surface area contributed by atoms with Crippen LogP contribution in [0.3, 0.4) is 0 Å². The molecule has 0 radical (unpaired) electrons. The van der Waals surface area contributed by atoms with Gasteiger partial charge in [-0.2, -0.15) is 0 Å². The lowest BCUT2D eigenvalue weighted by Crippen LogP contribution is -2.49. The van der Waals surface area contributed by atoms with Gasteiger partial charge in [0.25, 0.3) is 5.91 Å². The summed E-state index contributed by atoms with van der Waals surface area (Å²) in [6, 6.07) is 17.4. The zero-order chi connectivity index (χ0) is 22.9. The number of nitrogens with zero attached hydrogens (tertiary/aromatic N) is 1. The van der Waals surface area contributed by atoms with Crippen LogP contribution in [-0.4, -0.2) is 35.8 Å². The SMILES string of the molecule is CC(C)c1ccc(C2(C)NC(=O)N(CC(=O)NCC3(c4ccccc4)CCC3)C2=O)cc1. The van der Waals surface area contributed by atoms with Gasteiger partial charge in [0.05, 0.1) is 0 Å². The fourth-order valence-electron chi connectivity index (χ4n) is 4.67. The monoisotopic (exact) mass is 433 g/mol. The molecule has 2 aromatic rings. The van der Waals surface area contributed by atoms with Crippen LogP contribution in [0, 0.1) is 0 Å². The van der Waals surface area contributed by atoms with Crippen LogP contribution in [-0.2, 0) is 20.5 Å². The van der Waals surface area contributed by atoms with Crippen molar-refractivity contribution in [3.8, 4) is 0 Å². The Bertz CT molecular complexity index is 1010. The van der Waals surface area contributed by atoms with E-state index in [2.05, 4.69) is 36.6 Å². The molecule has 0 aromatic heterocycles. The zero-order valence-electron chi connectivity index (χ0n) is 19.0. The summed E-state index contributed by atoms with van der Waals surface area (Å²) in [6.45, 7) is 6.12. The fraction of sp³-hybridized carbons (Fsp3) is 0.423. The molecule has 1 atom stereocenters. The van der Waals surface area contributed by atoms with Crippen LogP contribution in [0.5, 0.6) is 0 Å². The Balaban J connectivity index is 1.41. The molecule has 1 unspecified atom stereocenters. The second-order valence-electron chi connectivity index (χ2n) is 9.50. The predicted molar refractivity (Wildman–Crippen MR) is 123 cm³/mol. The number of urea groups is 1. The number of carbonyl (C=O) groups excluding carboxylic acids is 3. The van der Waals surface area contributed by atoms with Crippen LogP contribution in [0.1, 0.15) is 62.6 Å². The van der Waals surface area contributed by atoms with Crippen molar-refractivity contribution >= 4 is 17.8 Å². The highest BCUT2D eigenvalue weighted by Gasteiger charge is 2.49. The van der Waals surface area contributed by atoms with Crippen molar-refractivity contribution in [3.05, 3.63) is 71.3 Å². The molecule has 2 N–H and O–H groups in total. The molecule has 4 rings (SSSR count). The molecule has 6 nitrogen and oxygen atoms in total. The number of hydrogen-bond acceptors (Lipinski definition) is 3. The summed E-state index contributed by atoms with van der Waals surface area (Å²) in [5.41, 5.74) is 1.86. The first-order chi connectivity index (χ1) is 15.2. The van der Waals surface area contributed by atoms with Gasteiger partial charge < -0.3 is 10.6 Å². The van der Waals surface area contributed by atoms with Gasteiger partial charge in [-0.3, -0.25) is 14.5 Å². The molecule has 0 bridgehead atoms. The summed E-state index contributed by atoms with van der Waals surface area (Å²) >= 11 is 0. The van der Waals surface area contributed by atoms with Crippen molar-refractivity contribution < 1.29 is 14.4 Å². The Kier molecular flexibility index (Phi) is 5.80. The van der Waals surface area contributed by atoms with Crippen LogP contribution in [0.15, 0.2) is 54.6 Å². The van der Waals surface area contributed by atoms with E-state index < -0.39 is 17.5 Å². The molecule has 0 spiro atoms. The predicted octanol–water partition coefficient (Wildman–Crippen LogP) is 3.82.